The molecule has 84 valence electrons. The molecule has 0 amide bonds. The maximum atomic E-state index is 11.3. The lowest BCUT2D eigenvalue weighted by molar-refractivity contribution is -0.0568. The molecular weight excluding hydrogens is 208 g/mol. The van der Waals surface area contributed by atoms with E-state index >= 15 is 0 Å². The van der Waals surface area contributed by atoms with E-state index in [1.54, 1.807) is 7.05 Å². The van der Waals surface area contributed by atoms with Crippen LogP contribution in [0.5, 0.6) is 0 Å². The Kier molecular flexibility index (Phi) is 1.78. The zero-order valence-electron chi connectivity index (χ0n) is 8.90. The molecule has 2 N–H and O–H groups in total. The van der Waals surface area contributed by atoms with Gasteiger partial charge in [0, 0.05) is 7.05 Å². The van der Waals surface area contributed by atoms with Gasteiger partial charge in [-0.15, -0.1) is 0 Å². The topological polar surface area (TPSA) is 70.4 Å². The van der Waals surface area contributed by atoms with Crippen LogP contribution < -0.4 is 11.5 Å². The second-order valence-electron chi connectivity index (χ2n) is 4.26. The van der Waals surface area contributed by atoms with E-state index in [-0.39, 0.29) is 5.76 Å². The Morgan fingerprint density at radius 2 is 2.19 bits per heavy atom. The molecule has 1 aliphatic rings. The molecule has 16 heavy (non-hydrogen) atoms. The molecule has 2 heterocycles. The summed E-state index contributed by atoms with van der Waals surface area (Å²) in [5.74, 6) is -0.358. The van der Waals surface area contributed by atoms with E-state index in [2.05, 4.69) is 0 Å². The van der Waals surface area contributed by atoms with Crippen LogP contribution in [0.15, 0.2) is 27.4 Å². The summed E-state index contributed by atoms with van der Waals surface area (Å²) < 4.78 is 11.7. The fourth-order valence-corrected chi connectivity index (χ4v) is 1.93. The predicted molar refractivity (Wildman–Crippen MR) is 58.1 cm³/mol. The Labute approximate surface area is 91.4 Å². The molecule has 1 fully saturated rings. The summed E-state index contributed by atoms with van der Waals surface area (Å²) in [6.07, 6.45) is 0. The summed E-state index contributed by atoms with van der Waals surface area (Å²) in [6, 6.07) is 5.58. The van der Waals surface area contributed by atoms with Crippen molar-refractivity contribution in [3.05, 3.63) is 34.3 Å². The quantitative estimate of drug-likeness (QED) is 0.751. The summed E-state index contributed by atoms with van der Waals surface area (Å²) in [7, 11) is 1.68. The zero-order valence-corrected chi connectivity index (χ0v) is 8.90. The van der Waals surface area contributed by atoms with Gasteiger partial charge in [0.2, 0.25) is 0 Å². The lowest BCUT2D eigenvalue weighted by atomic mass is 9.89. The van der Waals surface area contributed by atoms with Gasteiger partial charge in [0.1, 0.15) is 0 Å². The lowest BCUT2D eigenvalue weighted by Crippen LogP contribution is -2.54. The first-order valence-corrected chi connectivity index (χ1v) is 5.07. The number of ether oxygens (including phenoxy) is 1. The van der Waals surface area contributed by atoms with E-state index in [0.29, 0.717) is 18.8 Å². The highest BCUT2D eigenvalue weighted by molar-refractivity contribution is 5.74. The molecule has 1 aliphatic heterocycles. The fraction of sp³-hybridized carbons (Fsp3) is 0.364. The Morgan fingerprint density at radius 3 is 2.81 bits per heavy atom. The highest BCUT2D eigenvalue weighted by Crippen LogP contribution is 2.28. The molecule has 0 unspecified atom stereocenters. The van der Waals surface area contributed by atoms with Crippen LogP contribution in [0.25, 0.3) is 11.1 Å². The van der Waals surface area contributed by atoms with E-state index in [0.717, 1.165) is 11.1 Å². The van der Waals surface area contributed by atoms with Crippen molar-refractivity contribution in [2.45, 2.75) is 5.54 Å². The molecular formula is C11H12N2O3. The van der Waals surface area contributed by atoms with Crippen LogP contribution in [0.2, 0.25) is 0 Å². The minimum absolute atomic E-state index is 0.358. The van der Waals surface area contributed by atoms with Gasteiger partial charge in [-0.2, -0.15) is 0 Å². The first kappa shape index (κ1) is 9.62. The highest BCUT2D eigenvalue weighted by Gasteiger charge is 2.36. The molecule has 1 aromatic heterocycles. The van der Waals surface area contributed by atoms with Crippen molar-refractivity contribution in [2.75, 3.05) is 13.2 Å². The van der Waals surface area contributed by atoms with Crippen molar-refractivity contribution in [3.63, 3.8) is 0 Å². The second-order valence-corrected chi connectivity index (χ2v) is 4.26. The average Bonchev–Trinajstić information content (AvgIpc) is 2.51. The van der Waals surface area contributed by atoms with Crippen molar-refractivity contribution in [1.82, 2.24) is 4.57 Å². The van der Waals surface area contributed by atoms with Gasteiger partial charge in [0.25, 0.3) is 0 Å². The number of fused-ring (bicyclic) bond motifs is 1. The van der Waals surface area contributed by atoms with Crippen molar-refractivity contribution < 1.29 is 9.15 Å². The number of rotatable bonds is 1. The molecule has 0 spiro atoms. The van der Waals surface area contributed by atoms with Gasteiger partial charge in [-0.05, 0) is 17.7 Å². The molecule has 0 saturated carbocycles. The number of nitrogens with two attached hydrogens (primary N) is 1. The molecule has 5 nitrogen and oxygen atoms in total. The molecule has 0 bridgehead atoms. The first-order chi connectivity index (χ1) is 7.60. The van der Waals surface area contributed by atoms with Gasteiger partial charge in [0.05, 0.1) is 24.3 Å². The fourth-order valence-electron chi connectivity index (χ4n) is 1.93. The lowest BCUT2D eigenvalue weighted by Gasteiger charge is -2.38. The van der Waals surface area contributed by atoms with Crippen LogP contribution in [-0.4, -0.2) is 17.8 Å². The second kappa shape index (κ2) is 2.96. The SMILES string of the molecule is Cn1c(=O)oc2cc(C3(N)COC3)ccc21. The summed E-state index contributed by atoms with van der Waals surface area (Å²) in [5.41, 5.74) is 7.97. The van der Waals surface area contributed by atoms with Crippen molar-refractivity contribution >= 4 is 11.1 Å². The van der Waals surface area contributed by atoms with Crippen LogP contribution in [0.4, 0.5) is 0 Å². The number of hydrogen-bond donors (Lipinski definition) is 1. The van der Waals surface area contributed by atoms with Gasteiger partial charge in [-0.1, -0.05) is 6.07 Å². The summed E-state index contributed by atoms with van der Waals surface area (Å²) in [6.45, 7) is 1.02. The van der Waals surface area contributed by atoms with Crippen LogP contribution in [0.3, 0.4) is 0 Å². The van der Waals surface area contributed by atoms with E-state index in [4.69, 9.17) is 14.9 Å². The number of aryl methyl sites for hydroxylation is 1. The number of aromatic nitrogens is 1. The molecule has 1 saturated heterocycles. The molecule has 2 aromatic rings. The Morgan fingerprint density at radius 1 is 1.44 bits per heavy atom. The van der Waals surface area contributed by atoms with Gasteiger partial charge in [0.15, 0.2) is 5.58 Å². The standard InChI is InChI=1S/C11H12N2O3/c1-13-8-3-2-7(11(12)5-15-6-11)4-9(8)16-10(13)14/h2-4H,5-6,12H2,1H3. The Hall–Kier alpha value is -1.59. The minimum Gasteiger partial charge on any atom is -0.408 e. The third-order valence-corrected chi connectivity index (χ3v) is 3.09. The van der Waals surface area contributed by atoms with Gasteiger partial charge < -0.3 is 14.9 Å². The highest BCUT2D eigenvalue weighted by atomic mass is 16.5. The third kappa shape index (κ3) is 1.15. The van der Waals surface area contributed by atoms with Crippen molar-refractivity contribution in [2.24, 2.45) is 12.8 Å². The Balaban J connectivity index is 2.20. The predicted octanol–water partition coefficient (Wildman–Crippen LogP) is 0.316. The maximum absolute atomic E-state index is 11.3. The smallest absolute Gasteiger partial charge is 0.408 e. The minimum atomic E-state index is -0.428. The van der Waals surface area contributed by atoms with Crippen LogP contribution in [-0.2, 0) is 17.3 Å². The van der Waals surface area contributed by atoms with Crippen molar-refractivity contribution in [1.29, 1.82) is 0 Å². The third-order valence-electron chi connectivity index (χ3n) is 3.09. The van der Waals surface area contributed by atoms with E-state index in [9.17, 15) is 4.79 Å². The molecule has 0 atom stereocenters. The van der Waals surface area contributed by atoms with Crippen LogP contribution in [0.1, 0.15) is 5.56 Å². The number of benzene rings is 1. The first-order valence-electron chi connectivity index (χ1n) is 5.07. The van der Waals surface area contributed by atoms with E-state index in [1.165, 1.54) is 4.57 Å². The van der Waals surface area contributed by atoms with Crippen LogP contribution >= 0.6 is 0 Å². The number of hydrogen-bond acceptors (Lipinski definition) is 4. The largest absolute Gasteiger partial charge is 0.419 e. The molecule has 0 aliphatic carbocycles. The summed E-state index contributed by atoms with van der Waals surface area (Å²) >= 11 is 0. The van der Waals surface area contributed by atoms with Crippen LogP contribution in [0, 0.1) is 0 Å². The zero-order chi connectivity index (χ0) is 11.3. The van der Waals surface area contributed by atoms with Gasteiger partial charge in [-0.3, -0.25) is 4.57 Å². The molecule has 3 rings (SSSR count). The number of nitrogens with zero attached hydrogens (tertiary/aromatic N) is 1. The monoisotopic (exact) mass is 220 g/mol. The molecule has 0 radical (unpaired) electrons. The number of oxazole rings is 1. The Bertz CT molecular complexity index is 607. The molecule has 1 aromatic carbocycles. The maximum Gasteiger partial charge on any atom is 0.419 e. The summed E-state index contributed by atoms with van der Waals surface area (Å²) in [5, 5.41) is 0. The van der Waals surface area contributed by atoms with Gasteiger partial charge in [-0.25, -0.2) is 4.79 Å². The van der Waals surface area contributed by atoms with E-state index in [1.807, 2.05) is 18.2 Å². The molecule has 5 heteroatoms. The summed E-state index contributed by atoms with van der Waals surface area (Å²) in [4.78, 5) is 11.3. The average molecular weight is 220 g/mol. The normalized spacial score (nSPS) is 18.6. The van der Waals surface area contributed by atoms with Crippen molar-refractivity contribution in [3.8, 4) is 0 Å². The van der Waals surface area contributed by atoms with Gasteiger partial charge >= 0.3 is 5.76 Å². The van der Waals surface area contributed by atoms with E-state index < -0.39 is 5.54 Å².